The molecule has 0 spiro atoms. The van der Waals surface area contributed by atoms with Gasteiger partial charge in [0.25, 0.3) is 0 Å². The normalized spacial score (nSPS) is 11.7. The third-order valence-corrected chi connectivity index (χ3v) is 9.47. The predicted molar refractivity (Wildman–Crippen MR) is 201 cm³/mol. The highest BCUT2D eigenvalue weighted by molar-refractivity contribution is 6.28. The third-order valence-electron chi connectivity index (χ3n) is 9.47. The fourth-order valence-corrected chi connectivity index (χ4v) is 7.16. The molecule has 0 aliphatic carbocycles. The fourth-order valence-electron chi connectivity index (χ4n) is 7.16. The van der Waals surface area contributed by atoms with E-state index in [1.54, 1.807) is 0 Å². The van der Waals surface area contributed by atoms with Crippen molar-refractivity contribution in [3.05, 3.63) is 164 Å². The maximum absolute atomic E-state index is 6.31. The van der Waals surface area contributed by atoms with E-state index in [1.807, 2.05) is 36.4 Å². The quantitative estimate of drug-likeness (QED) is 0.183. The van der Waals surface area contributed by atoms with E-state index in [1.165, 1.54) is 11.1 Å². The molecule has 0 unspecified atom stereocenters. The Hall–Kier alpha value is -6.65. The largest absolute Gasteiger partial charge is 0.456 e. The number of aromatic nitrogens is 3. The summed E-state index contributed by atoms with van der Waals surface area (Å²) in [5, 5.41) is 6.58. The SMILES string of the molecule is c1ccc(-c2ccc(-c3nc(-c4cccc(-c5nc6ccccc6c6c5ccc5oc7ccccc7c56)c4)nc4ccccc34)cc2)cc1. The first kappa shape index (κ1) is 27.5. The van der Waals surface area contributed by atoms with Gasteiger partial charge in [-0.3, -0.25) is 0 Å². The maximum Gasteiger partial charge on any atom is 0.160 e. The summed E-state index contributed by atoms with van der Waals surface area (Å²) in [7, 11) is 0. The molecule has 10 rings (SSSR count). The molecule has 0 saturated heterocycles. The van der Waals surface area contributed by atoms with E-state index < -0.39 is 0 Å². The van der Waals surface area contributed by atoms with Crippen LogP contribution in [0, 0.1) is 0 Å². The predicted octanol–water partition coefficient (Wildman–Crippen LogP) is 11.9. The minimum Gasteiger partial charge on any atom is -0.456 e. The first-order valence-electron chi connectivity index (χ1n) is 16.4. The van der Waals surface area contributed by atoms with Gasteiger partial charge in [-0.25, -0.2) is 15.0 Å². The molecule has 3 aromatic heterocycles. The molecule has 4 heteroatoms. The molecule has 0 atom stereocenters. The molecule has 0 saturated carbocycles. The average molecular weight is 626 g/mol. The standard InChI is InChI=1S/C45H27N3O/c1-2-11-28(12-3-1)29-21-23-30(24-22-29)43-34-16-5-8-19-38(34)47-45(48-43)32-14-10-13-31(27-32)44-36-25-26-40-42(35-17-6-9-20-39(35)49-40)41(36)33-15-4-7-18-37(33)46-44/h1-27H. The molecule has 7 aromatic carbocycles. The lowest BCUT2D eigenvalue weighted by Gasteiger charge is -2.13. The van der Waals surface area contributed by atoms with Crippen molar-refractivity contribution in [1.82, 2.24) is 15.0 Å². The number of furan rings is 1. The van der Waals surface area contributed by atoms with Crippen LogP contribution in [-0.2, 0) is 0 Å². The van der Waals surface area contributed by atoms with Gasteiger partial charge in [-0.15, -0.1) is 0 Å². The van der Waals surface area contributed by atoms with Crippen LogP contribution in [0.5, 0.6) is 0 Å². The Bertz CT molecular complexity index is 2870. The van der Waals surface area contributed by atoms with Crippen molar-refractivity contribution in [2.24, 2.45) is 0 Å². The van der Waals surface area contributed by atoms with Crippen molar-refractivity contribution in [1.29, 1.82) is 0 Å². The van der Waals surface area contributed by atoms with Crippen LogP contribution in [-0.4, -0.2) is 15.0 Å². The van der Waals surface area contributed by atoms with Gasteiger partial charge in [0.2, 0.25) is 0 Å². The van der Waals surface area contributed by atoms with E-state index in [9.17, 15) is 0 Å². The second kappa shape index (κ2) is 11.0. The van der Waals surface area contributed by atoms with Crippen LogP contribution in [0.2, 0.25) is 0 Å². The second-order valence-electron chi connectivity index (χ2n) is 12.4. The summed E-state index contributed by atoms with van der Waals surface area (Å²) in [6, 6.07) is 56.6. The van der Waals surface area contributed by atoms with Gasteiger partial charge in [0.15, 0.2) is 5.82 Å². The summed E-state index contributed by atoms with van der Waals surface area (Å²) in [4.78, 5) is 15.5. The Morgan fingerprint density at radius 3 is 1.78 bits per heavy atom. The zero-order valence-corrected chi connectivity index (χ0v) is 26.3. The zero-order chi connectivity index (χ0) is 32.3. The molecule has 10 aromatic rings. The number of para-hydroxylation sites is 3. The van der Waals surface area contributed by atoms with Crippen LogP contribution >= 0.6 is 0 Å². The molecule has 3 heterocycles. The number of benzene rings is 7. The second-order valence-corrected chi connectivity index (χ2v) is 12.4. The van der Waals surface area contributed by atoms with Crippen molar-refractivity contribution in [3.63, 3.8) is 0 Å². The Morgan fingerprint density at radius 1 is 0.327 bits per heavy atom. The van der Waals surface area contributed by atoms with E-state index in [0.29, 0.717) is 5.82 Å². The van der Waals surface area contributed by atoms with Crippen LogP contribution in [0.4, 0.5) is 0 Å². The lowest BCUT2D eigenvalue weighted by atomic mass is 9.95. The summed E-state index contributed by atoms with van der Waals surface area (Å²) in [6.07, 6.45) is 0. The van der Waals surface area contributed by atoms with Gasteiger partial charge in [0, 0.05) is 49.0 Å². The molecule has 49 heavy (non-hydrogen) atoms. The summed E-state index contributed by atoms with van der Waals surface area (Å²) in [5.41, 5.74) is 10.8. The molecular weight excluding hydrogens is 599 g/mol. The molecule has 228 valence electrons. The van der Waals surface area contributed by atoms with Crippen molar-refractivity contribution >= 4 is 54.5 Å². The Labute approximate surface area is 282 Å². The smallest absolute Gasteiger partial charge is 0.160 e. The summed E-state index contributed by atoms with van der Waals surface area (Å²) in [5.74, 6) is 0.677. The third kappa shape index (κ3) is 4.49. The lowest BCUT2D eigenvalue weighted by molar-refractivity contribution is 0.669. The molecule has 4 nitrogen and oxygen atoms in total. The molecule has 0 N–H and O–H groups in total. The summed E-state index contributed by atoms with van der Waals surface area (Å²) in [6.45, 7) is 0. The van der Waals surface area contributed by atoms with Gasteiger partial charge < -0.3 is 4.42 Å². The average Bonchev–Trinajstić information content (AvgIpc) is 3.56. The number of fused-ring (bicyclic) bond motifs is 8. The van der Waals surface area contributed by atoms with E-state index in [2.05, 4.69) is 127 Å². The van der Waals surface area contributed by atoms with Gasteiger partial charge in [-0.2, -0.15) is 0 Å². The fraction of sp³-hybridized carbons (Fsp3) is 0. The monoisotopic (exact) mass is 625 g/mol. The topological polar surface area (TPSA) is 51.8 Å². The van der Waals surface area contributed by atoms with Gasteiger partial charge in [0.1, 0.15) is 11.2 Å². The van der Waals surface area contributed by atoms with Crippen LogP contribution in [0.15, 0.2) is 168 Å². The van der Waals surface area contributed by atoms with Crippen LogP contribution in [0.3, 0.4) is 0 Å². The van der Waals surface area contributed by atoms with Crippen molar-refractivity contribution in [2.75, 3.05) is 0 Å². The van der Waals surface area contributed by atoms with E-state index in [-0.39, 0.29) is 0 Å². The van der Waals surface area contributed by atoms with E-state index in [4.69, 9.17) is 19.4 Å². The lowest BCUT2D eigenvalue weighted by Crippen LogP contribution is -1.96. The van der Waals surface area contributed by atoms with Crippen LogP contribution in [0.1, 0.15) is 0 Å². The zero-order valence-electron chi connectivity index (χ0n) is 26.3. The Kier molecular flexibility index (Phi) is 6.15. The first-order valence-corrected chi connectivity index (χ1v) is 16.4. The number of hydrogen-bond donors (Lipinski definition) is 0. The minimum atomic E-state index is 0.677. The minimum absolute atomic E-state index is 0.677. The molecular formula is C45H27N3O. The number of nitrogens with zero attached hydrogens (tertiary/aromatic N) is 3. The Morgan fingerprint density at radius 2 is 0.939 bits per heavy atom. The molecule has 0 aliphatic heterocycles. The maximum atomic E-state index is 6.31. The van der Waals surface area contributed by atoms with Crippen LogP contribution in [0.25, 0.3) is 99.5 Å². The summed E-state index contributed by atoms with van der Waals surface area (Å²) >= 11 is 0. The summed E-state index contributed by atoms with van der Waals surface area (Å²) < 4.78 is 6.31. The highest BCUT2D eigenvalue weighted by atomic mass is 16.3. The molecule has 0 bridgehead atoms. The van der Waals surface area contributed by atoms with Crippen molar-refractivity contribution < 1.29 is 4.42 Å². The molecule has 0 radical (unpaired) electrons. The van der Waals surface area contributed by atoms with Gasteiger partial charge in [-0.1, -0.05) is 127 Å². The van der Waals surface area contributed by atoms with Gasteiger partial charge >= 0.3 is 0 Å². The number of hydrogen-bond acceptors (Lipinski definition) is 4. The van der Waals surface area contributed by atoms with Crippen molar-refractivity contribution in [2.45, 2.75) is 0 Å². The first-order chi connectivity index (χ1) is 24.3. The molecule has 0 amide bonds. The van der Waals surface area contributed by atoms with Gasteiger partial charge in [0.05, 0.1) is 22.4 Å². The highest BCUT2D eigenvalue weighted by Crippen LogP contribution is 2.41. The highest BCUT2D eigenvalue weighted by Gasteiger charge is 2.18. The molecule has 0 fully saturated rings. The Balaban J connectivity index is 1.16. The van der Waals surface area contributed by atoms with E-state index in [0.717, 1.165) is 82.6 Å². The van der Waals surface area contributed by atoms with Crippen LogP contribution < -0.4 is 0 Å². The van der Waals surface area contributed by atoms with Crippen molar-refractivity contribution in [3.8, 4) is 45.0 Å². The van der Waals surface area contributed by atoms with Gasteiger partial charge in [-0.05, 0) is 47.5 Å². The molecule has 0 aliphatic rings. The van der Waals surface area contributed by atoms with E-state index >= 15 is 0 Å². The number of rotatable bonds is 4. The number of pyridine rings is 1.